The molecule has 2 N–H and O–H groups in total. The standard InChI is InChI=1S/C16H17F3N2O4/c1-10(2)20-15(24)21-13(22)9-25-14(23)7-6-11-4-3-5-12(8-11)16(17,18)19/h3-8,10H,9H2,1-2H3,(H2,20,21,22,24)/b7-6+. The van der Waals surface area contributed by atoms with Crippen molar-refractivity contribution in [3.63, 3.8) is 0 Å². The highest BCUT2D eigenvalue weighted by Crippen LogP contribution is 2.29. The first-order valence-corrected chi connectivity index (χ1v) is 7.20. The van der Waals surface area contributed by atoms with Crippen LogP contribution in [-0.2, 0) is 20.5 Å². The average molecular weight is 358 g/mol. The van der Waals surface area contributed by atoms with Crippen molar-refractivity contribution in [3.8, 4) is 0 Å². The Balaban J connectivity index is 2.50. The maximum atomic E-state index is 12.6. The molecule has 0 aliphatic carbocycles. The van der Waals surface area contributed by atoms with Gasteiger partial charge in [0.1, 0.15) is 0 Å². The molecule has 0 fully saturated rings. The molecule has 0 aliphatic rings. The maximum absolute atomic E-state index is 12.6. The Morgan fingerprint density at radius 1 is 1.24 bits per heavy atom. The lowest BCUT2D eigenvalue weighted by molar-refractivity contribution is -0.143. The molecule has 9 heteroatoms. The number of hydrogen-bond acceptors (Lipinski definition) is 4. The first kappa shape index (κ1) is 20.2. The molecule has 0 aromatic heterocycles. The van der Waals surface area contributed by atoms with Gasteiger partial charge in [-0.25, -0.2) is 9.59 Å². The summed E-state index contributed by atoms with van der Waals surface area (Å²) in [4.78, 5) is 34.1. The summed E-state index contributed by atoms with van der Waals surface area (Å²) in [5.74, 6) is -1.77. The summed E-state index contributed by atoms with van der Waals surface area (Å²) >= 11 is 0. The van der Waals surface area contributed by atoms with E-state index < -0.39 is 36.3 Å². The minimum atomic E-state index is -4.49. The molecule has 136 valence electrons. The Kier molecular flexibility index (Phi) is 7.16. The van der Waals surface area contributed by atoms with Crippen LogP contribution in [0, 0.1) is 0 Å². The molecule has 25 heavy (non-hydrogen) atoms. The number of carbonyl (C=O) groups excluding carboxylic acids is 3. The molecule has 0 saturated carbocycles. The predicted octanol–water partition coefficient (Wildman–Crippen LogP) is 2.50. The second kappa shape index (κ2) is 8.86. The van der Waals surface area contributed by atoms with Crippen molar-refractivity contribution < 1.29 is 32.3 Å². The summed E-state index contributed by atoms with van der Waals surface area (Å²) in [7, 11) is 0. The van der Waals surface area contributed by atoms with Gasteiger partial charge in [-0.15, -0.1) is 0 Å². The number of rotatable bonds is 5. The number of benzene rings is 1. The van der Waals surface area contributed by atoms with Crippen molar-refractivity contribution >= 4 is 24.0 Å². The molecule has 0 saturated heterocycles. The molecule has 1 rings (SSSR count). The third-order valence-corrected chi connectivity index (χ3v) is 2.64. The number of carbonyl (C=O) groups is 3. The van der Waals surface area contributed by atoms with E-state index in [1.54, 1.807) is 13.8 Å². The third-order valence-electron chi connectivity index (χ3n) is 2.64. The van der Waals surface area contributed by atoms with Gasteiger partial charge in [-0.1, -0.05) is 12.1 Å². The topological polar surface area (TPSA) is 84.5 Å². The summed E-state index contributed by atoms with van der Waals surface area (Å²) in [6.07, 6.45) is -2.48. The van der Waals surface area contributed by atoms with Gasteiger partial charge >= 0.3 is 18.2 Å². The van der Waals surface area contributed by atoms with Gasteiger partial charge in [0.2, 0.25) is 0 Å². The van der Waals surface area contributed by atoms with Gasteiger partial charge in [0, 0.05) is 12.1 Å². The van der Waals surface area contributed by atoms with Crippen LogP contribution in [0.3, 0.4) is 0 Å². The van der Waals surface area contributed by atoms with Crippen molar-refractivity contribution in [2.45, 2.75) is 26.1 Å². The Labute approximate surface area is 142 Å². The number of halogens is 3. The van der Waals surface area contributed by atoms with Crippen LogP contribution in [0.4, 0.5) is 18.0 Å². The first-order valence-electron chi connectivity index (χ1n) is 7.20. The number of nitrogens with one attached hydrogen (secondary N) is 2. The fourth-order valence-corrected chi connectivity index (χ4v) is 1.63. The predicted molar refractivity (Wildman–Crippen MR) is 83.2 cm³/mol. The second-order valence-electron chi connectivity index (χ2n) is 5.24. The normalized spacial score (nSPS) is 11.4. The highest BCUT2D eigenvalue weighted by molar-refractivity contribution is 5.96. The van der Waals surface area contributed by atoms with E-state index >= 15 is 0 Å². The summed E-state index contributed by atoms with van der Waals surface area (Å²) in [5.41, 5.74) is -0.703. The molecular weight excluding hydrogens is 341 g/mol. The SMILES string of the molecule is CC(C)NC(=O)NC(=O)COC(=O)/C=C/c1cccc(C(F)(F)F)c1. The van der Waals surface area contributed by atoms with Crippen molar-refractivity contribution in [2.75, 3.05) is 6.61 Å². The van der Waals surface area contributed by atoms with Gasteiger partial charge in [0.25, 0.3) is 5.91 Å². The molecule has 0 bridgehead atoms. The molecule has 0 atom stereocenters. The zero-order valence-corrected chi connectivity index (χ0v) is 13.5. The smallest absolute Gasteiger partial charge is 0.416 e. The molecule has 0 spiro atoms. The number of esters is 1. The van der Waals surface area contributed by atoms with Crippen LogP contribution in [0.25, 0.3) is 6.08 Å². The zero-order chi connectivity index (χ0) is 19.0. The van der Waals surface area contributed by atoms with E-state index in [1.807, 2.05) is 5.32 Å². The Hall–Kier alpha value is -2.84. The summed E-state index contributed by atoms with van der Waals surface area (Å²) < 4.78 is 42.3. The Morgan fingerprint density at radius 3 is 2.52 bits per heavy atom. The Bertz CT molecular complexity index is 670. The third kappa shape index (κ3) is 8.00. The molecule has 0 heterocycles. The fraction of sp³-hybridized carbons (Fsp3) is 0.312. The molecule has 0 unspecified atom stereocenters. The molecular formula is C16H17F3N2O4. The molecule has 0 radical (unpaired) electrons. The zero-order valence-electron chi connectivity index (χ0n) is 13.5. The van der Waals surface area contributed by atoms with E-state index in [4.69, 9.17) is 0 Å². The molecule has 1 aromatic carbocycles. The van der Waals surface area contributed by atoms with E-state index in [-0.39, 0.29) is 11.6 Å². The lowest BCUT2D eigenvalue weighted by Crippen LogP contribution is -2.43. The monoisotopic (exact) mass is 358 g/mol. The number of urea groups is 1. The maximum Gasteiger partial charge on any atom is 0.416 e. The van der Waals surface area contributed by atoms with Gasteiger partial charge < -0.3 is 10.1 Å². The van der Waals surface area contributed by atoms with Crippen LogP contribution in [-0.4, -0.2) is 30.6 Å². The summed E-state index contributed by atoms with van der Waals surface area (Å²) in [5, 5.41) is 4.36. The van der Waals surface area contributed by atoms with Crippen LogP contribution in [0.2, 0.25) is 0 Å². The van der Waals surface area contributed by atoms with Crippen LogP contribution in [0.15, 0.2) is 30.3 Å². The van der Waals surface area contributed by atoms with Gasteiger partial charge in [0.05, 0.1) is 5.56 Å². The quantitative estimate of drug-likeness (QED) is 0.626. The van der Waals surface area contributed by atoms with E-state index in [0.29, 0.717) is 0 Å². The molecule has 0 aliphatic heterocycles. The van der Waals surface area contributed by atoms with Crippen LogP contribution in [0.1, 0.15) is 25.0 Å². The minimum Gasteiger partial charge on any atom is -0.452 e. The fourth-order valence-electron chi connectivity index (χ4n) is 1.63. The summed E-state index contributed by atoms with van der Waals surface area (Å²) in [6, 6.07) is 3.45. The number of amides is 3. The summed E-state index contributed by atoms with van der Waals surface area (Å²) in [6.45, 7) is 2.70. The van der Waals surface area contributed by atoms with Gasteiger partial charge in [-0.05, 0) is 37.6 Å². The highest BCUT2D eigenvalue weighted by Gasteiger charge is 2.30. The van der Waals surface area contributed by atoms with Gasteiger partial charge in [0.15, 0.2) is 6.61 Å². The lowest BCUT2D eigenvalue weighted by atomic mass is 10.1. The van der Waals surface area contributed by atoms with Gasteiger partial charge in [-0.3, -0.25) is 10.1 Å². The van der Waals surface area contributed by atoms with Crippen molar-refractivity contribution in [1.29, 1.82) is 0 Å². The van der Waals surface area contributed by atoms with Crippen LogP contribution >= 0.6 is 0 Å². The van der Waals surface area contributed by atoms with Crippen LogP contribution < -0.4 is 10.6 Å². The first-order chi connectivity index (χ1) is 11.6. The molecule has 1 aromatic rings. The van der Waals surface area contributed by atoms with E-state index in [2.05, 4.69) is 10.1 Å². The lowest BCUT2D eigenvalue weighted by Gasteiger charge is -2.09. The van der Waals surface area contributed by atoms with Crippen molar-refractivity contribution in [3.05, 3.63) is 41.5 Å². The second-order valence-corrected chi connectivity index (χ2v) is 5.24. The number of hydrogen-bond donors (Lipinski definition) is 2. The van der Waals surface area contributed by atoms with Crippen molar-refractivity contribution in [2.24, 2.45) is 0 Å². The minimum absolute atomic E-state index is 0.146. The van der Waals surface area contributed by atoms with E-state index in [1.165, 1.54) is 12.1 Å². The number of imide groups is 1. The molecule has 6 nitrogen and oxygen atoms in total. The largest absolute Gasteiger partial charge is 0.452 e. The van der Waals surface area contributed by atoms with E-state index in [9.17, 15) is 27.6 Å². The van der Waals surface area contributed by atoms with Crippen LogP contribution in [0.5, 0.6) is 0 Å². The van der Waals surface area contributed by atoms with Crippen molar-refractivity contribution in [1.82, 2.24) is 10.6 Å². The highest BCUT2D eigenvalue weighted by atomic mass is 19.4. The Morgan fingerprint density at radius 2 is 1.92 bits per heavy atom. The van der Waals surface area contributed by atoms with E-state index in [0.717, 1.165) is 24.3 Å². The molecule has 3 amide bonds. The average Bonchev–Trinajstić information content (AvgIpc) is 2.49. The number of alkyl halides is 3. The van der Waals surface area contributed by atoms with Gasteiger partial charge in [-0.2, -0.15) is 13.2 Å². The number of ether oxygens (including phenoxy) is 1.